The Morgan fingerprint density at radius 1 is 1.08 bits per heavy atom. The fourth-order valence-corrected chi connectivity index (χ4v) is 2.49. The van der Waals surface area contributed by atoms with Gasteiger partial charge in [0.15, 0.2) is 0 Å². The summed E-state index contributed by atoms with van der Waals surface area (Å²) in [6.07, 6.45) is 9.00. The predicted molar refractivity (Wildman–Crippen MR) is 55.6 cm³/mol. The van der Waals surface area contributed by atoms with Crippen LogP contribution in [-0.2, 0) is 0 Å². The topological polar surface area (TPSA) is 0 Å². The highest BCUT2D eigenvalue weighted by molar-refractivity contribution is 5.62. The highest BCUT2D eigenvalue weighted by Gasteiger charge is 2.29. The molecule has 1 aromatic carbocycles. The normalized spacial score (nSPS) is 25.7. The van der Waals surface area contributed by atoms with Crippen molar-refractivity contribution in [3.8, 4) is 0 Å². The van der Waals surface area contributed by atoms with Crippen molar-refractivity contribution in [2.75, 3.05) is 0 Å². The molecular formula is C13H14. The summed E-state index contributed by atoms with van der Waals surface area (Å²) in [6, 6.07) is 8.81. The molecule has 1 aromatic rings. The number of hydrogen-bond acceptors (Lipinski definition) is 0. The lowest BCUT2D eigenvalue weighted by Gasteiger charge is -2.31. The van der Waals surface area contributed by atoms with Crippen LogP contribution in [0.2, 0.25) is 0 Å². The van der Waals surface area contributed by atoms with Gasteiger partial charge in [0.25, 0.3) is 0 Å². The first-order valence-electron chi connectivity index (χ1n) is 5.22. The standard InChI is InChI=1S/C13H14/c1-2-7-12-11(4-1)8-9-13(12)10-5-3-6-10/h1-2,4,7-10,13H,3,5-6H2. The Kier molecular flexibility index (Phi) is 1.55. The summed E-state index contributed by atoms with van der Waals surface area (Å²) in [7, 11) is 0. The van der Waals surface area contributed by atoms with E-state index in [1.165, 1.54) is 24.8 Å². The van der Waals surface area contributed by atoms with Crippen LogP contribution in [0.4, 0.5) is 0 Å². The van der Waals surface area contributed by atoms with Gasteiger partial charge >= 0.3 is 0 Å². The fourth-order valence-electron chi connectivity index (χ4n) is 2.49. The van der Waals surface area contributed by atoms with Gasteiger partial charge < -0.3 is 0 Å². The molecule has 13 heavy (non-hydrogen) atoms. The molecule has 1 unspecified atom stereocenters. The maximum Gasteiger partial charge on any atom is 0.00555 e. The lowest BCUT2D eigenvalue weighted by Crippen LogP contribution is -2.17. The van der Waals surface area contributed by atoms with Gasteiger partial charge in [-0.1, -0.05) is 42.8 Å². The quantitative estimate of drug-likeness (QED) is 0.604. The molecule has 0 aromatic heterocycles. The van der Waals surface area contributed by atoms with Crippen molar-refractivity contribution in [3.05, 3.63) is 41.5 Å². The molecule has 0 heterocycles. The summed E-state index contributed by atoms with van der Waals surface area (Å²) in [5.74, 6) is 1.69. The van der Waals surface area contributed by atoms with Crippen molar-refractivity contribution in [1.29, 1.82) is 0 Å². The lowest BCUT2D eigenvalue weighted by atomic mass is 9.74. The average Bonchev–Trinajstić information content (AvgIpc) is 2.47. The Bertz CT molecular complexity index is 345. The van der Waals surface area contributed by atoms with Gasteiger partial charge in [-0.05, 0) is 29.9 Å². The third-order valence-electron chi connectivity index (χ3n) is 3.50. The number of fused-ring (bicyclic) bond motifs is 1. The zero-order valence-electron chi connectivity index (χ0n) is 7.74. The number of allylic oxidation sites excluding steroid dienone is 1. The second-order valence-electron chi connectivity index (χ2n) is 4.20. The van der Waals surface area contributed by atoms with E-state index in [1.54, 1.807) is 5.56 Å². The van der Waals surface area contributed by atoms with Crippen molar-refractivity contribution < 1.29 is 0 Å². The molecular weight excluding hydrogens is 156 g/mol. The summed E-state index contributed by atoms with van der Waals surface area (Å²) in [5.41, 5.74) is 3.01. The zero-order chi connectivity index (χ0) is 8.67. The van der Waals surface area contributed by atoms with Crippen molar-refractivity contribution >= 4 is 6.08 Å². The lowest BCUT2D eigenvalue weighted by molar-refractivity contribution is 0.290. The molecule has 66 valence electrons. The van der Waals surface area contributed by atoms with E-state index in [0.717, 1.165) is 11.8 Å². The maximum absolute atomic E-state index is 2.40. The second kappa shape index (κ2) is 2.73. The largest absolute Gasteiger partial charge is 0.0761 e. The molecule has 0 bridgehead atoms. The van der Waals surface area contributed by atoms with Crippen molar-refractivity contribution in [2.45, 2.75) is 25.2 Å². The third kappa shape index (κ3) is 1.05. The summed E-state index contributed by atoms with van der Waals surface area (Å²) < 4.78 is 0. The van der Waals surface area contributed by atoms with Gasteiger partial charge in [-0.25, -0.2) is 0 Å². The summed E-state index contributed by atoms with van der Waals surface area (Å²) in [5, 5.41) is 0. The molecule has 0 radical (unpaired) electrons. The van der Waals surface area contributed by atoms with Gasteiger partial charge in [-0.2, -0.15) is 0 Å². The van der Waals surface area contributed by atoms with E-state index in [-0.39, 0.29) is 0 Å². The fraction of sp³-hybridized carbons (Fsp3) is 0.385. The molecule has 0 saturated heterocycles. The average molecular weight is 170 g/mol. The van der Waals surface area contributed by atoms with Gasteiger partial charge in [-0.3, -0.25) is 0 Å². The predicted octanol–water partition coefficient (Wildman–Crippen LogP) is 3.60. The minimum atomic E-state index is 0.741. The Morgan fingerprint density at radius 3 is 2.69 bits per heavy atom. The summed E-state index contributed by atoms with van der Waals surface area (Å²) in [4.78, 5) is 0. The monoisotopic (exact) mass is 170 g/mol. The molecule has 1 atom stereocenters. The van der Waals surface area contributed by atoms with Crippen LogP contribution in [0.3, 0.4) is 0 Å². The number of rotatable bonds is 1. The van der Waals surface area contributed by atoms with E-state index in [1.807, 2.05) is 0 Å². The van der Waals surface area contributed by atoms with Crippen LogP contribution >= 0.6 is 0 Å². The molecule has 2 aliphatic rings. The Labute approximate surface area is 79.3 Å². The van der Waals surface area contributed by atoms with E-state index in [4.69, 9.17) is 0 Å². The van der Waals surface area contributed by atoms with Crippen molar-refractivity contribution in [2.24, 2.45) is 5.92 Å². The van der Waals surface area contributed by atoms with E-state index in [2.05, 4.69) is 36.4 Å². The van der Waals surface area contributed by atoms with Crippen LogP contribution in [0.1, 0.15) is 36.3 Å². The van der Waals surface area contributed by atoms with E-state index >= 15 is 0 Å². The SMILES string of the molecule is C1=CC(C2CCC2)c2ccccc21. The highest BCUT2D eigenvalue weighted by atomic mass is 14.3. The van der Waals surface area contributed by atoms with Gasteiger partial charge in [-0.15, -0.1) is 0 Å². The van der Waals surface area contributed by atoms with Crippen LogP contribution in [0.25, 0.3) is 6.08 Å². The van der Waals surface area contributed by atoms with Crippen LogP contribution in [0.5, 0.6) is 0 Å². The molecule has 0 N–H and O–H groups in total. The molecule has 0 nitrogen and oxygen atoms in total. The van der Waals surface area contributed by atoms with Gasteiger partial charge in [0.05, 0.1) is 0 Å². The van der Waals surface area contributed by atoms with E-state index in [9.17, 15) is 0 Å². The van der Waals surface area contributed by atoms with Crippen molar-refractivity contribution in [1.82, 2.24) is 0 Å². The summed E-state index contributed by atoms with van der Waals surface area (Å²) >= 11 is 0. The number of hydrogen-bond donors (Lipinski definition) is 0. The Morgan fingerprint density at radius 2 is 1.92 bits per heavy atom. The minimum Gasteiger partial charge on any atom is -0.0761 e. The first-order chi connectivity index (χ1) is 6.45. The van der Waals surface area contributed by atoms with E-state index < -0.39 is 0 Å². The molecule has 2 aliphatic carbocycles. The summed E-state index contributed by atoms with van der Waals surface area (Å²) in [6.45, 7) is 0. The highest BCUT2D eigenvalue weighted by Crippen LogP contribution is 2.44. The van der Waals surface area contributed by atoms with Crippen molar-refractivity contribution in [3.63, 3.8) is 0 Å². The van der Waals surface area contributed by atoms with Crippen LogP contribution in [-0.4, -0.2) is 0 Å². The molecule has 0 heteroatoms. The molecule has 0 amide bonds. The molecule has 3 rings (SSSR count). The molecule has 0 spiro atoms. The molecule has 0 aliphatic heterocycles. The first-order valence-corrected chi connectivity index (χ1v) is 5.22. The minimum absolute atomic E-state index is 0.741. The zero-order valence-corrected chi connectivity index (χ0v) is 7.74. The maximum atomic E-state index is 2.40. The van der Waals surface area contributed by atoms with Gasteiger partial charge in [0.1, 0.15) is 0 Å². The third-order valence-corrected chi connectivity index (χ3v) is 3.50. The Hall–Kier alpha value is -1.04. The molecule has 1 saturated carbocycles. The van der Waals surface area contributed by atoms with Crippen LogP contribution < -0.4 is 0 Å². The first kappa shape index (κ1) is 7.37. The van der Waals surface area contributed by atoms with Crippen LogP contribution in [0, 0.1) is 5.92 Å². The molecule has 1 fully saturated rings. The van der Waals surface area contributed by atoms with Gasteiger partial charge in [0, 0.05) is 5.92 Å². The van der Waals surface area contributed by atoms with Crippen LogP contribution in [0.15, 0.2) is 30.3 Å². The second-order valence-corrected chi connectivity index (χ2v) is 4.20. The smallest absolute Gasteiger partial charge is 0.00555 e. The van der Waals surface area contributed by atoms with Gasteiger partial charge in [0.2, 0.25) is 0 Å². The van der Waals surface area contributed by atoms with E-state index in [0.29, 0.717) is 0 Å². The number of benzene rings is 1. The Balaban J connectivity index is 1.97.